The van der Waals surface area contributed by atoms with Crippen LogP contribution in [0.15, 0.2) is 73.4 Å². The molecule has 0 aliphatic rings. The van der Waals surface area contributed by atoms with Gasteiger partial charge in [0, 0.05) is 34.9 Å². The van der Waals surface area contributed by atoms with Gasteiger partial charge in [0.2, 0.25) is 0 Å². The molecule has 7 nitrogen and oxygen atoms in total. The summed E-state index contributed by atoms with van der Waals surface area (Å²) >= 11 is 0. The Hall–Kier alpha value is -4.46. The maximum atomic E-state index is 14.4. The number of hydrogen-bond donors (Lipinski definition) is 2. The summed E-state index contributed by atoms with van der Waals surface area (Å²) in [6.07, 6.45) is 8.31. The van der Waals surface area contributed by atoms with Gasteiger partial charge in [-0.1, -0.05) is 18.2 Å². The van der Waals surface area contributed by atoms with Gasteiger partial charge in [-0.2, -0.15) is 5.10 Å². The average molecular weight is 407 g/mol. The Kier molecular flexibility index (Phi) is 3.82. The van der Waals surface area contributed by atoms with Crippen molar-refractivity contribution in [2.75, 3.05) is 0 Å². The molecule has 0 atom stereocenters. The molecule has 5 heterocycles. The standard InChI is InChI=1S/C23H14FN7/c24-17-4-2-1-3-14(17)13-5-6-27-23-15(13)9-19(29-23)22-16-10-18(21-11-25-7-8-26-21)28-12-20(16)30-31-22/h1-12H,(H,27,29)(H,30,31). The summed E-state index contributed by atoms with van der Waals surface area (Å²) in [6, 6.07) is 12.4. The number of halogens is 1. The van der Waals surface area contributed by atoms with Gasteiger partial charge >= 0.3 is 0 Å². The first-order valence-electron chi connectivity index (χ1n) is 9.61. The largest absolute Gasteiger partial charge is 0.338 e. The minimum absolute atomic E-state index is 0.275. The predicted octanol–water partition coefficient (Wildman–Crippen LogP) is 4.76. The van der Waals surface area contributed by atoms with E-state index in [1.54, 1.807) is 43.1 Å². The second-order valence-electron chi connectivity index (χ2n) is 7.06. The van der Waals surface area contributed by atoms with Crippen LogP contribution in [-0.2, 0) is 0 Å². The van der Waals surface area contributed by atoms with Gasteiger partial charge in [-0.15, -0.1) is 0 Å². The molecule has 0 bridgehead atoms. The van der Waals surface area contributed by atoms with E-state index in [-0.39, 0.29) is 5.82 Å². The van der Waals surface area contributed by atoms with Crippen LogP contribution in [0.3, 0.4) is 0 Å². The number of benzene rings is 1. The summed E-state index contributed by atoms with van der Waals surface area (Å²) in [4.78, 5) is 20.6. The summed E-state index contributed by atoms with van der Waals surface area (Å²) in [5.41, 5.74) is 5.63. The second-order valence-corrected chi connectivity index (χ2v) is 7.06. The van der Waals surface area contributed by atoms with E-state index in [2.05, 4.69) is 35.1 Å². The molecule has 0 saturated heterocycles. The number of aromatic nitrogens is 7. The van der Waals surface area contributed by atoms with E-state index in [0.717, 1.165) is 33.2 Å². The molecule has 6 rings (SSSR count). The van der Waals surface area contributed by atoms with E-state index in [9.17, 15) is 4.39 Å². The van der Waals surface area contributed by atoms with Gasteiger partial charge < -0.3 is 4.98 Å². The summed E-state index contributed by atoms with van der Waals surface area (Å²) in [6.45, 7) is 0. The third-order valence-electron chi connectivity index (χ3n) is 5.22. The zero-order valence-electron chi connectivity index (χ0n) is 16.0. The average Bonchev–Trinajstić information content (AvgIpc) is 3.43. The maximum absolute atomic E-state index is 14.4. The molecule has 0 fully saturated rings. The fraction of sp³-hybridized carbons (Fsp3) is 0. The van der Waals surface area contributed by atoms with Crippen LogP contribution in [-0.4, -0.2) is 35.1 Å². The third kappa shape index (κ3) is 2.84. The van der Waals surface area contributed by atoms with Gasteiger partial charge in [0.15, 0.2) is 0 Å². The molecule has 0 saturated carbocycles. The van der Waals surface area contributed by atoms with Gasteiger partial charge in [0.05, 0.1) is 29.3 Å². The molecular weight excluding hydrogens is 393 g/mol. The smallest absolute Gasteiger partial charge is 0.138 e. The Bertz CT molecular complexity index is 1550. The number of nitrogens with zero attached hydrogens (tertiary/aromatic N) is 5. The number of nitrogens with one attached hydrogen (secondary N) is 2. The Morgan fingerprint density at radius 2 is 1.71 bits per heavy atom. The molecule has 0 spiro atoms. The maximum Gasteiger partial charge on any atom is 0.138 e. The van der Waals surface area contributed by atoms with Crippen molar-refractivity contribution in [2.45, 2.75) is 0 Å². The lowest BCUT2D eigenvalue weighted by atomic mass is 10.0. The van der Waals surface area contributed by atoms with Gasteiger partial charge in [0.1, 0.15) is 22.9 Å². The Morgan fingerprint density at radius 3 is 2.58 bits per heavy atom. The zero-order valence-corrected chi connectivity index (χ0v) is 16.0. The fourth-order valence-electron chi connectivity index (χ4n) is 3.76. The Balaban J connectivity index is 1.53. The molecule has 0 aliphatic heterocycles. The lowest BCUT2D eigenvalue weighted by Gasteiger charge is -2.04. The van der Waals surface area contributed by atoms with Gasteiger partial charge in [-0.3, -0.25) is 20.1 Å². The van der Waals surface area contributed by atoms with Crippen LogP contribution in [0, 0.1) is 5.82 Å². The first-order chi connectivity index (χ1) is 15.3. The number of H-pyrrole nitrogens is 2. The Labute approximate surface area is 175 Å². The van der Waals surface area contributed by atoms with Crippen molar-refractivity contribution < 1.29 is 4.39 Å². The minimum atomic E-state index is -0.275. The number of rotatable bonds is 3. The molecule has 31 heavy (non-hydrogen) atoms. The molecule has 6 aromatic rings. The molecule has 1 aromatic carbocycles. The molecule has 2 N–H and O–H groups in total. The monoisotopic (exact) mass is 407 g/mol. The quantitative estimate of drug-likeness (QED) is 0.441. The number of fused-ring (bicyclic) bond motifs is 2. The highest BCUT2D eigenvalue weighted by atomic mass is 19.1. The topological polar surface area (TPSA) is 96.0 Å². The van der Waals surface area contributed by atoms with Crippen LogP contribution in [0.1, 0.15) is 0 Å². The van der Waals surface area contributed by atoms with Crippen LogP contribution < -0.4 is 0 Å². The summed E-state index contributed by atoms with van der Waals surface area (Å²) in [5, 5.41) is 9.20. The third-order valence-corrected chi connectivity index (χ3v) is 5.22. The van der Waals surface area contributed by atoms with Crippen LogP contribution in [0.2, 0.25) is 0 Å². The highest BCUT2D eigenvalue weighted by Crippen LogP contribution is 2.34. The van der Waals surface area contributed by atoms with E-state index in [0.29, 0.717) is 22.6 Å². The van der Waals surface area contributed by atoms with Crippen molar-refractivity contribution >= 4 is 21.9 Å². The van der Waals surface area contributed by atoms with Crippen LogP contribution in [0.25, 0.3) is 55.8 Å². The predicted molar refractivity (Wildman–Crippen MR) is 115 cm³/mol. The van der Waals surface area contributed by atoms with Crippen LogP contribution in [0.5, 0.6) is 0 Å². The van der Waals surface area contributed by atoms with E-state index >= 15 is 0 Å². The van der Waals surface area contributed by atoms with Crippen LogP contribution in [0.4, 0.5) is 4.39 Å². The van der Waals surface area contributed by atoms with Crippen molar-refractivity contribution in [2.24, 2.45) is 0 Å². The van der Waals surface area contributed by atoms with Crippen molar-refractivity contribution in [3.05, 3.63) is 79.3 Å². The SMILES string of the molecule is Fc1ccccc1-c1ccnc2[nH]c(-c3n[nH]c4cnc(-c5cnccn5)cc34)cc12. The number of aromatic amines is 2. The minimum Gasteiger partial charge on any atom is -0.338 e. The van der Waals surface area contributed by atoms with E-state index < -0.39 is 0 Å². The molecule has 5 aromatic heterocycles. The molecule has 0 unspecified atom stereocenters. The highest BCUT2D eigenvalue weighted by molar-refractivity contribution is 6.00. The van der Waals surface area contributed by atoms with Crippen molar-refractivity contribution in [1.82, 2.24) is 35.1 Å². The van der Waals surface area contributed by atoms with Crippen molar-refractivity contribution in [1.29, 1.82) is 0 Å². The molecular formula is C23H14FN7. The first-order valence-corrected chi connectivity index (χ1v) is 9.61. The normalized spacial score (nSPS) is 11.4. The number of hydrogen-bond acceptors (Lipinski definition) is 5. The first kappa shape index (κ1) is 17.4. The Morgan fingerprint density at radius 1 is 0.774 bits per heavy atom. The lowest BCUT2D eigenvalue weighted by molar-refractivity contribution is 0.631. The van der Waals surface area contributed by atoms with Gasteiger partial charge in [0.25, 0.3) is 0 Å². The van der Waals surface area contributed by atoms with E-state index in [1.807, 2.05) is 24.3 Å². The molecule has 148 valence electrons. The molecule has 0 amide bonds. The van der Waals surface area contributed by atoms with E-state index in [4.69, 9.17) is 0 Å². The summed E-state index contributed by atoms with van der Waals surface area (Å²) in [7, 11) is 0. The molecule has 0 radical (unpaired) electrons. The lowest BCUT2D eigenvalue weighted by Crippen LogP contribution is -1.88. The summed E-state index contributed by atoms with van der Waals surface area (Å²) in [5.74, 6) is -0.275. The second kappa shape index (κ2) is 6.81. The van der Waals surface area contributed by atoms with Gasteiger partial charge in [-0.25, -0.2) is 9.37 Å². The van der Waals surface area contributed by atoms with Crippen LogP contribution >= 0.6 is 0 Å². The number of pyridine rings is 2. The zero-order chi connectivity index (χ0) is 20.8. The van der Waals surface area contributed by atoms with Crippen molar-refractivity contribution in [3.63, 3.8) is 0 Å². The van der Waals surface area contributed by atoms with E-state index in [1.165, 1.54) is 6.07 Å². The van der Waals surface area contributed by atoms with Gasteiger partial charge in [-0.05, 0) is 29.8 Å². The fourth-order valence-corrected chi connectivity index (χ4v) is 3.76. The summed E-state index contributed by atoms with van der Waals surface area (Å²) < 4.78 is 14.4. The molecule has 0 aliphatic carbocycles. The highest BCUT2D eigenvalue weighted by Gasteiger charge is 2.16. The molecule has 8 heteroatoms. The van der Waals surface area contributed by atoms with Crippen molar-refractivity contribution in [3.8, 4) is 33.9 Å².